The largest absolute Gasteiger partial charge is 0.317 e. The molecule has 2 aliphatic rings. The zero-order valence-corrected chi connectivity index (χ0v) is 18.2. The molecule has 7 nitrogen and oxygen atoms in total. The Bertz CT molecular complexity index is 1080. The fourth-order valence-corrected chi connectivity index (χ4v) is 5.57. The van der Waals surface area contributed by atoms with Crippen LogP contribution in [0.2, 0.25) is 0 Å². The molecule has 3 aromatic heterocycles. The van der Waals surface area contributed by atoms with E-state index in [1.165, 1.54) is 18.2 Å². The number of aromatic nitrogens is 4. The van der Waals surface area contributed by atoms with Crippen molar-refractivity contribution in [1.82, 2.24) is 25.1 Å². The molecule has 0 unspecified atom stereocenters. The molecular formula is C22H26N6OS. The second kappa shape index (κ2) is 7.92. The van der Waals surface area contributed by atoms with Gasteiger partial charge in [-0.2, -0.15) is 5.10 Å². The molecule has 2 N–H and O–H groups in total. The minimum atomic E-state index is -0.0857. The summed E-state index contributed by atoms with van der Waals surface area (Å²) in [6, 6.07) is 4.54. The summed E-state index contributed by atoms with van der Waals surface area (Å²) < 4.78 is 2.26. The van der Waals surface area contributed by atoms with Crippen molar-refractivity contribution in [2.24, 2.45) is 0 Å². The van der Waals surface area contributed by atoms with E-state index in [-0.39, 0.29) is 5.91 Å². The number of thiazole rings is 1. The SMILES string of the molecule is CC(=O)Nc1nc2c(s1)-c1c(c(-c3ccc(C)nc3)nn1C1CCNCC1)CCC2. The normalized spacial score (nSPS) is 16.6. The van der Waals surface area contributed by atoms with Gasteiger partial charge in [0.1, 0.15) is 0 Å². The predicted octanol–water partition coefficient (Wildman–Crippen LogP) is 3.75. The first-order valence-corrected chi connectivity index (χ1v) is 11.4. The van der Waals surface area contributed by atoms with Crippen molar-refractivity contribution in [3.63, 3.8) is 0 Å². The van der Waals surface area contributed by atoms with Crippen molar-refractivity contribution in [2.45, 2.75) is 52.0 Å². The van der Waals surface area contributed by atoms with Gasteiger partial charge in [-0.15, -0.1) is 0 Å². The topological polar surface area (TPSA) is 84.7 Å². The fourth-order valence-electron chi connectivity index (χ4n) is 4.44. The lowest BCUT2D eigenvalue weighted by Gasteiger charge is -2.24. The highest BCUT2D eigenvalue weighted by Gasteiger charge is 2.30. The van der Waals surface area contributed by atoms with Crippen molar-refractivity contribution in [3.8, 4) is 21.8 Å². The van der Waals surface area contributed by atoms with Gasteiger partial charge in [-0.05, 0) is 64.3 Å². The van der Waals surface area contributed by atoms with Crippen molar-refractivity contribution in [2.75, 3.05) is 18.4 Å². The van der Waals surface area contributed by atoms with Crippen LogP contribution >= 0.6 is 11.3 Å². The Balaban J connectivity index is 1.69. The van der Waals surface area contributed by atoms with Crippen LogP contribution in [0.15, 0.2) is 18.3 Å². The van der Waals surface area contributed by atoms with Crippen LogP contribution in [0.25, 0.3) is 21.8 Å². The van der Waals surface area contributed by atoms with Crippen molar-refractivity contribution >= 4 is 22.4 Å². The number of fused-ring (bicyclic) bond motifs is 3. The van der Waals surface area contributed by atoms with Crippen LogP contribution in [-0.4, -0.2) is 38.7 Å². The van der Waals surface area contributed by atoms with Gasteiger partial charge < -0.3 is 10.6 Å². The fraction of sp³-hybridized carbons (Fsp3) is 0.455. The molecule has 1 fully saturated rings. The average molecular weight is 423 g/mol. The van der Waals surface area contributed by atoms with Gasteiger partial charge in [0.2, 0.25) is 5.91 Å². The second-order valence-corrected chi connectivity index (χ2v) is 9.12. The minimum Gasteiger partial charge on any atom is -0.317 e. The summed E-state index contributed by atoms with van der Waals surface area (Å²) in [7, 11) is 0. The van der Waals surface area contributed by atoms with Crippen LogP contribution in [-0.2, 0) is 17.6 Å². The number of piperidine rings is 1. The summed E-state index contributed by atoms with van der Waals surface area (Å²) in [5.74, 6) is -0.0857. The molecule has 0 atom stereocenters. The van der Waals surface area contributed by atoms with E-state index in [0.29, 0.717) is 11.2 Å². The molecule has 156 valence electrons. The number of carbonyl (C=O) groups excluding carboxylic acids is 1. The van der Waals surface area contributed by atoms with Crippen LogP contribution in [0.4, 0.5) is 5.13 Å². The molecule has 1 aliphatic heterocycles. The third kappa shape index (κ3) is 3.54. The molecule has 8 heteroatoms. The Morgan fingerprint density at radius 3 is 2.83 bits per heavy atom. The number of hydrogen-bond donors (Lipinski definition) is 2. The smallest absolute Gasteiger partial charge is 0.223 e. The average Bonchev–Trinajstić information content (AvgIpc) is 3.25. The Morgan fingerprint density at radius 1 is 1.27 bits per heavy atom. The lowest BCUT2D eigenvalue weighted by Crippen LogP contribution is -2.30. The first kappa shape index (κ1) is 19.4. The molecule has 0 aromatic carbocycles. The second-order valence-electron chi connectivity index (χ2n) is 8.12. The quantitative estimate of drug-likeness (QED) is 0.672. The number of carbonyl (C=O) groups is 1. The third-order valence-electron chi connectivity index (χ3n) is 5.88. The van der Waals surface area contributed by atoms with Crippen LogP contribution in [0.5, 0.6) is 0 Å². The standard InChI is InChI=1S/C22H26N6OS/c1-13-6-7-15(12-24-13)19-17-4-3-5-18-21(30-22(26-18)25-14(2)29)20(17)28(27-19)16-8-10-23-11-9-16/h6-7,12,16,23H,3-5,8-11H2,1-2H3,(H,25,26,29). The Labute approximate surface area is 179 Å². The summed E-state index contributed by atoms with van der Waals surface area (Å²) in [6.45, 7) is 5.55. The molecule has 0 spiro atoms. The molecule has 1 amide bonds. The van der Waals surface area contributed by atoms with Crippen molar-refractivity contribution < 1.29 is 4.79 Å². The molecule has 1 saturated heterocycles. The highest BCUT2D eigenvalue weighted by atomic mass is 32.1. The van der Waals surface area contributed by atoms with Crippen molar-refractivity contribution in [3.05, 3.63) is 35.3 Å². The zero-order valence-electron chi connectivity index (χ0n) is 17.4. The molecule has 3 aromatic rings. The van der Waals surface area contributed by atoms with E-state index in [0.717, 1.165) is 72.7 Å². The predicted molar refractivity (Wildman–Crippen MR) is 119 cm³/mol. The van der Waals surface area contributed by atoms with Crippen LogP contribution in [0, 0.1) is 6.92 Å². The zero-order chi connectivity index (χ0) is 20.7. The van der Waals surface area contributed by atoms with Gasteiger partial charge in [0.05, 0.1) is 28.0 Å². The van der Waals surface area contributed by atoms with E-state index in [9.17, 15) is 4.79 Å². The Kier molecular flexibility index (Phi) is 5.12. The first-order chi connectivity index (χ1) is 14.6. The Morgan fingerprint density at radius 2 is 2.10 bits per heavy atom. The molecule has 0 bridgehead atoms. The van der Waals surface area contributed by atoms with Gasteiger partial charge in [0.25, 0.3) is 0 Å². The molecule has 4 heterocycles. The summed E-state index contributed by atoms with van der Waals surface area (Å²) in [5, 5.41) is 12.2. The lowest BCUT2D eigenvalue weighted by atomic mass is 10.0. The van der Waals surface area contributed by atoms with Gasteiger partial charge in [-0.25, -0.2) is 4.98 Å². The van der Waals surface area contributed by atoms with Gasteiger partial charge in [-0.3, -0.25) is 14.5 Å². The molecule has 5 rings (SSSR count). The van der Waals surface area contributed by atoms with Crippen LogP contribution in [0.1, 0.15) is 49.2 Å². The van der Waals surface area contributed by atoms with Crippen LogP contribution in [0.3, 0.4) is 0 Å². The molecule has 1 aliphatic carbocycles. The minimum absolute atomic E-state index is 0.0857. The van der Waals surface area contributed by atoms with E-state index >= 15 is 0 Å². The van der Waals surface area contributed by atoms with Gasteiger partial charge in [-0.1, -0.05) is 11.3 Å². The summed E-state index contributed by atoms with van der Waals surface area (Å²) in [6.07, 6.45) is 6.97. The maximum atomic E-state index is 11.6. The number of nitrogens with zero attached hydrogens (tertiary/aromatic N) is 4. The summed E-state index contributed by atoms with van der Waals surface area (Å²) in [4.78, 5) is 22.0. The Hall–Kier alpha value is -2.58. The van der Waals surface area contributed by atoms with Crippen molar-refractivity contribution in [1.29, 1.82) is 0 Å². The highest BCUT2D eigenvalue weighted by Crippen LogP contribution is 2.44. The van der Waals surface area contributed by atoms with Gasteiger partial charge in [0.15, 0.2) is 5.13 Å². The third-order valence-corrected chi connectivity index (χ3v) is 6.90. The monoisotopic (exact) mass is 422 g/mol. The number of nitrogens with one attached hydrogen (secondary N) is 2. The van der Waals surface area contributed by atoms with E-state index in [1.807, 2.05) is 13.1 Å². The number of anilines is 1. The maximum Gasteiger partial charge on any atom is 0.223 e. The van der Waals surface area contributed by atoms with E-state index < -0.39 is 0 Å². The molecule has 0 saturated carbocycles. The lowest BCUT2D eigenvalue weighted by molar-refractivity contribution is -0.114. The van der Waals surface area contributed by atoms with Gasteiger partial charge in [0, 0.05) is 29.9 Å². The molecular weight excluding hydrogens is 396 g/mol. The maximum absolute atomic E-state index is 11.6. The summed E-state index contributed by atoms with van der Waals surface area (Å²) >= 11 is 1.57. The van der Waals surface area contributed by atoms with Crippen LogP contribution < -0.4 is 10.6 Å². The number of pyridine rings is 1. The van der Waals surface area contributed by atoms with Gasteiger partial charge >= 0.3 is 0 Å². The number of aryl methyl sites for hydroxylation is 2. The number of amides is 1. The molecule has 30 heavy (non-hydrogen) atoms. The first-order valence-electron chi connectivity index (χ1n) is 10.6. The van der Waals surface area contributed by atoms with E-state index in [2.05, 4.69) is 32.4 Å². The highest BCUT2D eigenvalue weighted by molar-refractivity contribution is 7.19. The number of hydrogen-bond acceptors (Lipinski definition) is 6. The number of rotatable bonds is 3. The summed E-state index contributed by atoms with van der Waals surface area (Å²) in [5.41, 5.74) is 6.67. The van der Waals surface area contributed by atoms with E-state index in [1.54, 1.807) is 11.3 Å². The molecule has 0 radical (unpaired) electrons. The van der Waals surface area contributed by atoms with E-state index in [4.69, 9.17) is 10.1 Å².